The lowest BCUT2D eigenvalue weighted by Crippen LogP contribution is -2.40. The average molecular weight is 270 g/mol. The van der Waals surface area contributed by atoms with Gasteiger partial charge in [-0.1, -0.05) is 69.0 Å². The molecule has 0 aromatic heterocycles. The monoisotopic (exact) mass is 270 g/mol. The second-order valence-electron chi connectivity index (χ2n) is 6.04. The summed E-state index contributed by atoms with van der Waals surface area (Å²) in [6, 6.07) is 9.83. The zero-order valence-corrected chi connectivity index (χ0v) is 12.6. The lowest BCUT2D eigenvalue weighted by molar-refractivity contribution is 0.0572. The van der Waals surface area contributed by atoms with Crippen LogP contribution in [0.15, 0.2) is 43.0 Å². The van der Waals surface area contributed by atoms with Gasteiger partial charge in [-0.25, -0.2) is 0 Å². The number of benzene rings is 1. The van der Waals surface area contributed by atoms with Crippen molar-refractivity contribution in [2.45, 2.75) is 51.9 Å². The van der Waals surface area contributed by atoms with Crippen LogP contribution in [0, 0.1) is 11.3 Å². The van der Waals surface area contributed by atoms with Crippen LogP contribution in [0.1, 0.15) is 62.2 Å². The van der Waals surface area contributed by atoms with Crippen molar-refractivity contribution in [1.82, 2.24) is 0 Å². The van der Waals surface area contributed by atoms with Crippen LogP contribution < -0.4 is 0 Å². The third kappa shape index (κ3) is 2.87. The van der Waals surface area contributed by atoms with Gasteiger partial charge in [0, 0.05) is 11.0 Å². The molecule has 1 aromatic rings. The van der Waals surface area contributed by atoms with Crippen LogP contribution in [0.4, 0.5) is 0 Å². The Bertz CT molecular complexity index is 448. The number of hydrogen-bond donors (Lipinski definition) is 0. The number of carbonyl (C=O) groups is 1. The predicted octanol–water partition coefficient (Wildman–Crippen LogP) is 5.42. The highest BCUT2D eigenvalue weighted by Gasteiger charge is 2.44. The highest BCUT2D eigenvalue weighted by molar-refractivity contribution is 6.01. The molecule has 1 aliphatic rings. The number of ketones is 1. The van der Waals surface area contributed by atoms with E-state index in [-0.39, 0.29) is 5.41 Å². The van der Waals surface area contributed by atoms with Crippen molar-refractivity contribution in [3.63, 3.8) is 0 Å². The summed E-state index contributed by atoms with van der Waals surface area (Å²) in [4.78, 5) is 13.1. The van der Waals surface area contributed by atoms with Gasteiger partial charge in [0.1, 0.15) is 0 Å². The first-order chi connectivity index (χ1) is 9.74. The normalized spacial score (nSPS) is 26.1. The Kier molecular flexibility index (Phi) is 5.17. The van der Waals surface area contributed by atoms with Crippen molar-refractivity contribution < 1.29 is 4.79 Å². The lowest BCUT2D eigenvalue weighted by atomic mass is 9.60. The number of unbranched alkanes of at least 4 members (excludes halogenated alkanes) is 1. The van der Waals surface area contributed by atoms with Crippen molar-refractivity contribution in [2.75, 3.05) is 0 Å². The zero-order valence-electron chi connectivity index (χ0n) is 12.6. The van der Waals surface area contributed by atoms with Gasteiger partial charge in [-0.2, -0.15) is 0 Å². The van der Waals surface area contributed by atoms with Crippen LogP contribution in [-0.2, 0) is 0 Å². The fourth-order valence-corrected chi connectivity index (χ4v) is 3.68. The van der Waals surface area contributed by atoms with Crippen molar-refractivity contribution in [3.05, 3.63) is 48.6 Å². The molecule has 2 unspecified atom stereocenters. The van der Waals surface area contributed by atoms with Gasteiger partial charge in [0.15, 0.2) is 5.78 Å². The number of allylic oxidation sites excluding steroid dienone is 1. The van der Waals surface area contributed by atoms with Gasteiger partial charge in [-0.05, 0) is 25.2 Å². The van der Waals surface area contributed by atoms with Crippen LogP contribution in [0.5, 0.6) is 0 Å². The molecule has 1 heteroatoms. The van der Waals surface area contributed by atoms with Gasteiger partial charge in [0.05, 0.1) is 0 Å². The fourth-order valence-electron chi connectivity index (χ4n) is 3.68. The molecule has 0 amide bonds. The molecule has 2 atom stereocenters. The van der Waals surface area contributed by atoms with E-state index in [1.165, 1.54) is 12.8 Å². The van der Waals surface area contributed by atoms with Gasteiger partial charge in [0.2, 0.25) is 0 Å². The summed E-state index contributed by atoms with van der Waals surface area (Å²) >= 11 is 0. The molecule has 1 saturated carbocycles. The van der Waals surface area contributed by atoms with Gasteiger partial charge < -0.3 is 0 Å². The molecule has 0 aliphatic heterocycles. The second kappa shape index (κ2) is 6.88. The number of Topliss-reactive ketones (excluding diaryl/α,β-unsaturated/α-hetero) is 1. The molecular formula is C19H26O. The Morgan fingerprint density at radius 1 is 1.35 bits per heavy atom. The van der Waals surface area contributed by atoms with E-state index in [9.17, 15) is 4.79 Å². The van der Waals surface area contributed by atoms with Crippen molar-refractivity contribution in [2.24, 2.45) is 11.3 Å². The Morgan fingerprint density at radius 3 is 2.75 bits per heavy atom. The molecule has 0 radical (unpaired) electrons. The first kappa shape index (κ1) is 15.0. The van der Waals surface area contributed by atoms with E-state index < -0.39 is 0 Å². The molecule has 20 heavy (non-hydrogen) atoms. The van der Waals surface area contributed by atoms with E-state index in [2.05, 4.69) is 13.5 Å². The standard InChI is InChI=1S/C19H26O/c1-3-5-14-19(15-10-9-13-17(19)4-2)18(20)16-11-7-6-8-12-16/h4,6-8,11-12,17H,2-3,5,9-10,13-15H2,1H3. The van der Waals surface area contributed by atoms with Gasteiger partial charge in [0.25, 0.3) is 0 Å². The van der Waals surface area contributed by atoms with E-state index in [1.54, 1.807) is 0 Å². The molecular weight excluding hydrogens is 244 g/mol. The van der Waals surface area contributed by atoms with E-state index >= 15 is 0 Å². The first-order valence-corrected chi connectivity index (χ1v) is 7.97. The van der Waals surface area contributed by atoms with Crippen LogP contribution in [0.25, 0.3) is 0 Å². The molecule has 2 rings (SSSR count). The topological polar surface area (TPSA) is 17.1 Å². The summed E-state index contributed by atoms with van der Waals surface area (Å²) in [7, 11) is 0. The predicted molar refractivity (Wildman–Crippen MR) is 84.9 cm³/mol. The summed E-state index contributed by atoms with van der Waals surface area (Å²) in [5, 5.41) is 0. The summed E-state index contributed by atoms with van der Waals surface area (Å²) in [5.74, 6) is 0.687. The highest BCUT2D eigenvalue weighted by Crippen LogP contribution is 2.47. The summed E-state index contributed by atoms with van der Waals surface area (Å²) < 4.78 is 0. The maximum atomic E-state index is 13.1. The van der Waals surface area contributed by atoms with Gasteiger partial charge in [-0.15, -0.1) is 6.58 Å². The average Bonchev–Trinajstić information content (AvgIpc) is 2.53. The fraction of sp³-hybridized carbons (Fsp3) is 0.526. The van der Waals surface area contributed by atoms with Crippen LogP contribution in [0.2, 0.25) is 0 Å². The highest BCUT2D eigenvalue weighted by atomic mass is 16.1. The molecule has 0 bridgehead atoms. The Hall–Kier alpha value is -1.37. The smallest absolute Gasteiger partial charge is 0.169 e. The summed E-state index contributed by atoms with van der Waals surface area (Å²) in [6.45, 7) is 6.21. The molecule has 0 saturated heterocycles. The van der Waals surface area contributed by atoms with Crippen molar-refractivity contribution >= 4 is 5.78 Å². The Balaban J connectivity index is 2.35. The minimum Gasteiger partial charge on any atom is -0.294 e. The van der Waals surface area contributed by atoms with Crippen molar-refractivity contribution in [1.29, 1.82) is 0 Å². The van der Waals surface area contributed by atoms with E-state index in [0.717, 1.165) is 37.7 Å². The molecule has 1 aromatic carbocycles. The molecule has 0 heterocycles. The lowest BCUT2D eigenvalue weighted by Gasteiger charge is -2.42. The van der Waals surface area contributed by atoms with Gasteiger partial charge in [-0.3, -0.25) is 4.79 Å². The van der Waals surface area contributed by atoms with E-state index in [1.807, 2.05) is 36.4 Å². The van der Waals surface area contributed by atoms with Gasteiger partial charge >= 0.3 is 0 Å². The summed E-state index contributed by atoms with van der Waals surface area (Å²) in [6.07, 6.45) is 9.86. The SMILES string of the molecule is C=CC1CCCCC1(CCCC)C(=O)c1ccccc1. The number of rotatable bonds is 6. The maximum Gasteiger partial charge on any atom is 0.169 e. The third-order valence-corrected chi connectivity index (χ3v) is 4.85. The summed E-state index contributed by atoms with van der Waals surface area (Å²) in [5.41, 5.74) is 0.675. The number of hydrogen-bond acceptors (Lipinski definition) is 1. The zero-order chi connectivity index (χ0) is 14.4. The number of carbonyl (C=O) groups excluding carboxylic acids is 1. The van der Waals surface area contributed by atoms with Crippen LogP contribution in [-0.4, -0.2) is 5.78 Å². The Labute approximate surface area is 123 Å². The van der Waals surface area contributed by atoms with Crippen molar-refractivity contribution in [3.8, 4) is 0 Å². The molecule has 1 nitrogen and oxygen atoms in total. The maximum absolute atomic E-state index is 13.1. The molecule has 1 aliphatic carbocycles. The molecule has 108 valence electrons. The largest absolute Gasteiger partial charge is 0.294 e. The molecule has 0 N–H and O–H groups in total. The van der Waals surface area contributed by atoms with E-state index in [0.29, 0.717) is 11.7 Å². The quantitative estimate of drug-likeness (QED) is 0.498. The Morgan fingerprint density at radius 2 is 2.10 bits per heavy atom. The third-order valence-electron chi connectivity index (χ3n) is 4.85. The van der Waals surface area contributed by atoms with E-state index in [4.69, 9.17) is 0 Å². The van der Waals surface area contributed by atoms with Crippen LogP contribution in [0.3, 0.4) is 0 Å². The first-order valence-electron chi connectivity index (χ1n) is 7.97. The van der Waals surface area contributed by atoms with Crippen LogP contribution >= 0.6 is 0 Å². The second-order valence-corrected chi connectivity index (χ2v) is 6.04. The minimum absolute atomic E-state index is 0.197. The minimum atomic E-state index is -0.197. The molecule has 0 spiro atoms. The molecule has 1 fully saturated rings.